The van der Waals surface area contributed by atoms with E-state index in [2.05, 4.69) is 107 Å². The topological polar surface area (TPSA) is 97.3 Å². The maximum atomic E-state index is 6.67. The van der Waals surface area contributed by atoms with Crippen LogP contribution >= 0.6 is 22.6 Å². The van der Waals surface area contributed by atoms with Gasteiger partial charge in [-0.05, 0) is 107 Å². The van der Waals surface area contributed by atoms with E-state index >= 15 is 0 Å². The molecule has 0 aliphatic carbocycles. The molecule has 0 amide bonds. The fraction of sp³-hybridized carbons (Fsp3) is 0.611. The zero-order valence-electron chi connectivity index (χ0n) is 31.3. The summed E-state index contributed by atoms with van der Waals surface area (Å²) in [6, 6.07) is 2.20. The fourth-order valence-corrected chi connectivity index (χ4v) is 7.85. The Morgan fingerprint density at radius 3 is 2.55 bits per heavy atom. The number of pyridine rings is 1. The zero-order valence-corrected chi connectivity index (χ0v) is 34.5. The lowest BCUT2D eigenvalue weighted by molar-refractivity contribution is -0.0367. The number of hydrogen-bond acceptors (Lipinski definition) is 8. The lowest BCUT2D eigenvalue weighted by Gasteiger charge is -2.37. The van der Waals surface area contributed by atoms with Crippen molar-refractivity contribution >= 4 is 47.9 Å². The molecule has 13 heteroatoms. The van der Waals surface area contributed by atoms with E-state index in [1.807, 2.05) is 29.5 Å². The second-order valence-electron chi connectivity index (χ2n) is 15.2. The van der Waals surface area contributed by atoms with E-state index in [0.717, 1.165) is 71.7 Å². The van der Waals surface area contributed by atoms with E-state index in [1.54, 1.807) is 6.08 Å². The van der Waals surface area contributed by atoms with Crippen LogP contribution in [0.25, 0.3) is 28.2 Å². The lowest BCUT2D eigenvalue weighted by Crippen LogP contribution is -2.42. The molecule has 1 saturated heterocycles. The Labute approximate surface area is 306 Å². The van der Waals surface area contributed by atoms with Crippen LogP contribution < -0.4 is 4.74 Å². The van der Waals surface area contributed by atoms with E-state index in [1.165, 1.54) is 9.26 Å². The van der Waals surface area contributed by atoms with Crippen molar-refractivity contribution in [1.82, 2.24) is 39.2 Å². The Morgan fingerprint density at radius 1 is 1.16 bits per heavy atom. The molecule has 4 aromatic heterocycles. The molecule has 4 aromatic rings. The maximum absolute atomic E-state index is 6.67. The van der Waals surface area contributed by atoms with Crippen LogP contribution in [0.2, 0.25) is 18.1 Å². The average molecular weight is 803 g/mol. The van der Waals surface area contributed by atoms with Crippen molar-refractivity contribution in [3.8, 4) is 17.1 Å². The predicted octanol–water partition coefficient (Wildman–Crippen LogP) is 8.07. The first-order chi connectivity index (χ1) is 23.0. The van der Waals surface area contributed by atoms with Crippen LogP contribution in [0.15, 0.2) is 18.8 Å². The van der Waals surface area contributed by atoms with Gasteiger partial charge in [-0.15, -0.1) is 0 Å². The Balaban J connectivity index is 1.32. The summed E-state index contributed by atoms with van der Waals surface area (Å²) >= 11 is 2.43. The maximum Gasteiger partial charge on any atom is 0.221 e. The summed E-state index contributed by atoms with van der Waals surface area (Å²) in [7, 11) is 2.19. The highest BCUT2D eigenvalue weighted by molar-refractivity contribution is 14.1. The third kappa shape index (κ3) is 8.00. The van der Waals surface area contributed by atoms with Crippen molar-refractivity contribution in [1.29, 1.82) is 0 Å². The number of likely N-dealkylation sites (N-methyl/N-ethyl adjacent to an activating group) is 1. The number of aromatic nitrogens is 7. The van der Waals surface area contributed by atoms with E-state index in [9.17, 15) is 0 Å². The second-order valence-corrected chi connectivity index (χ2v) is 21.1. The number of hydrogen-bond donors (Lipinski definition) is 0. The highest BCUT2D eigenvalue weighted by Crippen LogP contribution is 2.38. The van der Waals surface area contributed by atoms with E-state index in [0.29, 0.717) is 19.0 Å². The van der Waals surface area contributed by atoms with Gasteiger partial charge in [0.2, 0.25) is 5.88 Å². The molecule has 1 unspecified atom stereocenters. The molecule has 49 heavy (non-hydrogen) atoms. The average Bonchev–Trinajstić information content (AvgIpc) is 3.65. The minimum atomic E-state index is -1.87. The summed E-state index contributed by atoms with van der Waals surface area (Å²) in [6.07, 6.45) is 6.63. The first kappa shape index (κ1) is 37.7. The standard InChI is InChI=1S/C36H55IN8O3Si/c1-13-28-27-18-29(38-19-30(27)45(41-28)32-16-14-15-17-46-32)33-25(4)39-43(10)35(33)48-24(3)20-42(9)21-31-34(37)26(5)40-44(31)23(2)22-47-49(11,12)36(6,7)8/h13,18-19,23-24,32H,1,14-17,20-22H2,2-12H3/t23-,24-,32?/m0/s1. The summed E-state index contributed by atoms with van der Waals surface area (Å²) in [5.74, 6) is 0.695. The molecule has 0 aromatic carbocycles. The van der Waals surface area contributed by atoms with Gasteiger partial charge < -0.3 is 13.9 Å². The van der Waals surface area contributed by atoms with Crippen LogP contribution in [0.1, 0.15) is 88.9 Å². The number of halogens is 1. The van der Waals surface area contributed by atoms with E-state index in [-0.39, 0.29) is 23.4 Å². The van der Waals surface area contributed by atoms with Gasteiger partial charge in [-0.25, -0.2) is 9.36 Å². The predicted molar refractivity (Wildman–Crippen MR) is 207 cm³/mol. The van der Waals surface area contributed by atoms with Gasteiger partial charge in [0, 0.05) is 32.1 Å². The van der Waals surface area contributed by atoms with Gasteiger partial charge in [-0.1, -0.05) is 27.4 Å². The minimum absolute atomic E-state index is 0.0841. The monoisotopic (exact) mass is 802 g/mol. The van der Waals surface area contributed by atoms with Gasteiger partial charge >= 0.3 is 0 Å². The van der Waals surface area contributed by atoms with Crippen LogP contribution in [-0.2, 0) is 22.8 Å². The van der Waals surface area contributed by atoms with Gasteiger partial charge in [-0.3, -0.25) is 14.6 Å². The summed E-state index contributed by atoms with van der Waals surface area (Å²) in [6.45, 7) is 26.7. The molecule has 1 aliphatic heterocycles. The molecule has 1 aliphatic rings. The van der Waals surface area contributed by atoms with Gasteiger partial charge in [0.25, 0.3) is 0 Å². The van der Waals surface area contributed by atoms with Crippen molar-refractivity contribution in [3.63, 3.8) is 0 Å². The molecular weight excluding hydrogens is 747 g/mol. The van der Waals surface area contributed by atoms with Crippen molar-refractivity contribution in [2.24, 2.45) is 7.05 Å². The number of ether oxygens (including phenoxy) is 2. The van der Waals surface area contributed by atoms with Crippen LogP contribution in [0.4, 0.5) is 0 Å². The van der Waals surface area contributed by atoms with Gasteiger partial charge in [0.05, 0.1) is 62.0 Å². The summed E-state index contributed by atoms with van der Waals surface area (Å²) in [5.41, 5.74) is 6.54. The quantitative estimate of drug-likeness (QED) is 0.0990. The molecule has 0 radical (unpaired) electrons. The summed E-state index contributed by atoms with van der Waals surface area (Å²) < 4.78 is 26.4. The third-order valence-electron chi connectivity index (χ3n) is 9.98. The molecule has 0 saturated carbocycles. The van der Waals surface area contributed by atoms with E-state index in [4.69, 9.17) is 34.2 Å². The van der Waals surface area contributed by atoms with Crippen molar-refractivity contribution in [2.45, 2.75) is 111 Å². The molecule has 0 N–H and O–H groups in total. The van der Waals surface area contributed by atoms with Crippen LogP contribution in [-0.4, -0.2) is 80.5 Å². The summed E-state index contributed by atoms with van der Waals surface area (Å²) in [4.78, 5) is 7.21. The molecule has 11 nitrogen and oxygen atoms in total. The number of rotatable bonds is 13. The number of fused-ring (bicyclic) bond motifs is 1. The fourth-order valence-electron chi connectivity index (χ4n) is 6.24. The summed E-state index contributed by atoms with van der Waals surface area (Å²) in [5, 5.41) is 15.7. The zero-order chi connectivity index (χ0) is 35.8. The van der Waals surface area contributed by atoms with Gasteiger partial charge in [-0.2, -0.15) is 15.3 Å². The largest absolute Gasteiger partial charge is 0.473 e. The lowest BCUT2D eigenvalue weighted by atomic mass is 10.1. The molecular formula is C36H55IN8O3Si. The Kier molecular flexibility index (Phi) is 11.5. The van der Waals surface area contributed by atoms with Crippen molar-refractivity contribution in [2.75, 3.05) is 26.8 Å². The third-order valence-corrected chi connectivity index (χ3v) is 15.9. The molecule has 268 valence electrons. The molecule has 5 rings (SSSR count). The SMILES string of the molecule is C=Cc1nn(C2CCCCO2)c2cnc(-c3c(C)nn(C)c3O[C@@H](C)CN(C)Cc3c(I)c(C)nn3[C@@H](C)CO[Si](C)(C)C(C)(C)C)cc12. The highest BCUT2D eigenvalue weighted by Gasteiger charge is 2.37. The number of aryl methyl sites for hydroxylation is 3. The van der Waals surface area contributed by atoms with Gasteiger partial charge in [0.1, 0.15) is 6.10 Å². The molecule has 0 spiro atoms. The minimum Gasteiger partial charge on any atom is -0.473 e. The molecule has 3 atom stereocenters. The van der Waals surface area contributed by atoms with Crippen molar-refractivity contribution < 1.29 is 13.9 Å². The first-order valence-electron chi connectivity index (χ1n) is 17.4. The Morgan fingerprint density at radius 2 is 1.90 bits per heavy atom. The van der Waals surface area contributed by atoms with Crippen LogP contribution in [0.3, 0.4) is 0 Å². The van der Waals surface area contributed by atoms with E-state index < -0.39 is 8.32 Å². The first-order valence-corrected chi connectivity index (χ1v) is 21.4. The second kappa shape index (κ2) is 14.9. The molecule has 0 bridgehead atoms. The Hall–Kier alpha value is -2.59. The Bertz CT molecular complexity index is 1780. The molecule has 1 fully saturated rings. The van der Waals surface area contributed by atoms with Gasteiger partial charge in [0.15, 0.2) is 14.5 Å². The highest BCUT2D eigenvalue weighted by atomic mass is 127. The van der Waals surface area contributed by atoms with Crippen molar-refractivity contribution in [3.05, 3.63) is 45.2 Å². The van der Waals surface area contributed by atoms with Crippen LogP contribution in [0, 0.1) is 17.4 Å². The molecule has 5 heterocycles. The number of nitrogens with zero attached hydrogens (tertiary/aromatic N) is 8. The van der Waals surface area contributed by atoms with Crippen LogP contribution in [0.5, 0.6) is 5.88 Å². The smallest absolute Gasteiger partial charge is 0.221 e. The normalized spacial score (nSPS) is 17.2.